The Bertz CT molecular complexity index is 633. The summed E-state index contributed by atoms with van der Waals surface area (Å²) in [6.07, 6.45) is 5.39. The van der Waals surface area contributed by atoms with Crippen molar-refractivity contribution < 1.29 is 14.7 Å². The minimum absolute atomic E-state index is 0.173. The molecule has 0 atom stereocenters. The van der Waals surface area contributed by atoms with Crippen molar-refractivity contribution in [3.05, 3.63) is 24.1 Å². The molecule has 4 N–H and O–H groups in total. The molecule has 1 fully saturated rings. The molecule has 1 aliphatic carbocycles. The summed E-state index contributed by atoms with van der Waals surface area (Å²) >= 11 is 0. The summed E-state index contributed by atoms with van der Waals surface area (Å²) in [7, 11) is 0. The summed E-state index contributed by atoms with van der Waals surface area (Å²) in [4.78, 5) is 4.47. The maximum Gasteiger partial charge on any atom is 0.234 e. The van der Waals surface area contributed by atoms with Crippen LogP contribution in [0.2, 0.25) is 0 Å². The maximum absolute atomic E-state index is 9.56. The van der Waals surface area contributed by atoms with E-state index in [1.165, 1.54) is 18.6 Å². The molecule has 6 nitrogen and oxygen atoms in total. The second-order valence-corrected chi connectivity index (χ2v) is 5.67. The Labute approximate surface area is 122 Å². The molecule has 1 saturated carbocycles. The minimum atomic E-state index is -0.220. The van der Waals surface area contributed by atoms with Crippen molar-refractivity contribution in [3.63, 3.8) is 0 Å². The molecule has 0 aliphatic heterocycles. The van der Waals surface area contributed by atoms with Crippen LogP contribution in [-0.4, -0.2) is 26.9 Å². The van der Waals surface area contributed by atoms with Gasteiger partial charge in [0.05, 0.1) is 5.41 Å². The summed E-state index contributed by atoms with van der Waals surface area (Å²) in [6, 6.07) is 4.46. The van der Waals surface area contributed by atoms with Crippen molar-refractivity contribution in [1.82, 2.24) is 10.1 Å². The topological polar surface area (TPSA) is 105 Å². The number of aromatic hydroxyl groups is 2. The predicted molar refractivity (Wildman–Crippen MR) is 76.9 cm³/mol. The zero-order valence-electron chi connectivity index (χ0n) is 11.7. The van der Waals surface area contributed by atoms with Gasteiger partial charge in [-0.05, 0) is 31.0 Å². The van der Waals surface area contributed by atoms with E-state index < -0.39 is 0 Å². The van der Waals surface area contributed by atoms with E-state index in [-0.39, 0.29) is 16.9 Å². The molecular formula is C15H19N3O3. The van der Waals surface area contributed by atoms with Crippen LogP contribution in [-0.2, 0) is 5.41 Å². The van der Waals surface area contributed by atoms with Gasteiger partial charge in [-0.15, -0.1) is 0 Å². The summed E-state index contributed by atoms with van der Waals surface area (Å²) in [5.74, 6) is 0.601. The Morgan fingerprint density at radius 2 is 1.90 bits per heavy atom. The average molecular weight is 289 g/mol. The third-order valence-corrected chi connectivity index (χ3v) is 4.31. The third kappa shape index (κ3) is 2.47. The second-order valence-electron chi connectivity index (χ2n) is 5.67. The van der Waals surface area contributed by atoms with Crippen molar-refractivity contribution in [2.45, 2.75) is 37.5 Å². The number of rotatable bonds is 3. The Hall–Kier alpha value is -2.08. The van der Waals surface area contributed by atoms with Crippen molar-refractivity contribution in [2.75, 3.05) is 6.54 Å². The van der Waals surface area contributed by atoms with Crippen LogP contribution in [0.25, 0.3) is 11.4 Å². The van der Waals surface area contributed by atoms with Gasteiger partial charge in [-0.3, -0.25) is 0 Å². The lowest BCUT2D eigenvalue weighted by molar-refractivity contribution is 0.220. The van der Waals surface area contributed by atoms with Crippen LogP contribution in [0.5, 0.6) is 11.5 Å². The Morgan fingerprint density at radius 1 is 1.14 bits per heavy atom. The molecule has 1 heterocycles. The van der Waals surface area contributed by atoms with Crippen LogP contribution < -0.4 is 5.73 Å². The van der Waals surface area contributed by atoms with Crippen molar-refractivity contribution in [3.8, 4) is 22.9 Å². The molecule has 1 aliphatic rings. The summed E-state index contributed by atoms with van der Waals surface area (Å²) in [5, 5.41) is 22.9. The molecule has 0 spiro atoms. The molecule has 21 heavy (non-hydrogen) atoms. The summed E-state index contributed by atoms with van der Waals surface area (Å²) in [6.45, 7) is 0.495. The zero-order chi connectivity index (χ0) is 14.9. The van der Waals surface area contributed by atoms with E-state index in [9.17, 15) is 10.2 Å². The number of nitrogens with zero attached hydrogens (tertiary/aromatic N) is 2. The van der Waals surface area contributed by atoms with Crippen LogP contribution in [0, 0.1) is 0 Å². The molecule has 6 heteroatoms. The first-order chi connectivity index (χ1) is 10.1. The van der Waals surface area contributed by atoms with Gasteiger partial charge in [0.15, 0.2) is 11.5 Å². The number of benzene rings is 1. The standard InChI is InChI=1S/C15H19N3O3/c16-9-15(6-2-1-3-7-15)14-17-13(18-21-14)10-4-5-11(19)12(20)8-10/h4-5,8,19-20H,1-3,6-7,9,16H2. The van der Waals surface area contributed by atoms with Crippen LogP contribution in [0.3, 0.4) is 0 Å². The number of hydrogen-bond donors (Lipinski definition) is 3. The van der Waals surface area contributed by atoms with Crippen LogP contribution in [0.1, 0.15) is 38.0 Å². The van der Waals surface area contributed by atoms with Gasteiger partial charge >= 0.3 is 0 Å². The second kappa shape index (κ2) is 5.37. The molecule has 3 rings (SSSR count). The predicted octanol–water partition coefficient (Wildman–Crippen LogP) is 2.31. The van der Waals surface area contributed by atoms with Crippen LogP contribution >= 0.6 is 0 Å². The highest BCUT2D eigenvalue weighted by molar-refractivity contribution is 5.60. The quantitative estimate of drug-likeness (QED) is 0.749. The first kappa shape index (κ1) is 13.9. The molecule has 1 aromatic heterocycles. The van der Waals surface area contributed by atoms with Gasteiger partial charge in [0.2, 0.25) is 11.7 Å². The highest BCUT2D eigenvalue weighted by atomic mass is 16.5. The minimum Gasteiger partial charge on any atom is -0.504 e. The first-order valence-corrected chi connectivity index (χ1v) is 7.21. The summed E-state index contributed by atoms with van der Waals surface area (Å²) in [5.41, 5.74) is 6.34. The molecule has 0 radical (unpaired) electrons. The van der Waals surface area contributed by atoms with Crippen molar-refractivity contribution in [1.29, 1.82) is 0 Å². The molecule has 0 unspecified atom stereocenters. The van der Waals surface area contributed by atoms with Gasteiger partial charge < -0.3 is 20.5 Å². The van der Waals surface area contributed by atoms with Gasteiger partial charge in [-0.2, -0.15) is 4.98 Å². The lowest BCUT2D eigenvalue weighted by Crippen LogP contribution is -2.37. The lowest BCUT2D eigenvalue weighted by atomic mass is 9.74. The first-order valence-electron chi connectivity index (χ1n) is 7.21. The van der Waals surface area contributed by atoms with Crippen molar-refractivity contribution in [2.24, 2.45) is 5.73 Å². The lowest BCUT2D eigenvalue weighted by Gasteiger charge is -2.32. The van der Waals surface area contributed by atoms with Gasteiger partial charge in [0.25, 0.3) is 0 Å². The number of aromatic nitrogens is 2. The highest BCUT2D eigenvalue weighted by Gasteiger charge is 2.38. The third-order valence-electron chi connectivity index (χ3n) is 4.31. The fraction of sp³-hybridized carbons (Fsp3) is 0.467. The van der Waals surface area contributed by atoms with E-state index in [4.69, 9.17) is 10.3 Å². The van der Waals surface area contributed by atoms with Gasteiger partial charge in [0.1, 0.15) is 0 Å². The Kier molecular flexibility index (Phi) is 3.55. The van der Waals surface area contributed by atoms with Gasteiger partial charge in [-0.25, -0.2) is 0 Å². The number of phenolic OH excluding ortho intramolecular Hbond substituents is 2. The highest BCUT2D eigenvalue weighted by Crippen LogP contribution is 2.38. The smallest absolute Gasteiger partial charge is 0.234 e. The van der Waals surface area contributed by atoms with Crippen molar-refractivity contribution >= 4 is 0 Å². The molecule has 1 aromatic carbocycles. The molecule has 0 amide bonds. The molecular weight excluding hydrogens is 270 g/mol. The SMILES string of the molecule is NCC1(c2nc(-c3ccc(O)c(O)c3)no2)CCCCC1. The van der Waals surface area contributed by atoms with Gasteiger partial charge in [-0.1, -0.05) is 24.4 Å². The van der Waals surface area contributed by atoms with E-state index in [0.717, 1.165) is 25.7 Å². The average Bonchev–Trinajstić information content (AvgIpc) is 3.01. The monoisotopic (exact) mass is 289 g/mol. The van der Waals surface area contributed by atoms with E-state index in [2.05, 4.69) is 10.1 Å². The number of nitrogens with two attached hydrogens (primary N) is 1. The molecule has 0 saturated heterocycles. The largest absolute Gasteiger partial charge is 0.504 e. The Morgan fingerprint density at radius 3 is 2.57 bits per heavy atom. The zero-order valence-corrected chi connectivity index (χ0v) is 11.7. The van der Waals surface area contributed by atoms with E-state index in [0.29, 0.717) is 23.8 Å². The van der Waals surface area contributed by atoms with Gasteiger partial charge in [0, 0.05) is 12.1 Å². The number of phenols is 2. The normalized spacial score (nSPS) is 17.8. The fourth-order valence-corrected chi connectivity index (χ4v) is 2.95. The Balaban J connectivity index is 1.93. The number of hydrogen-bond acceptors (Lipinski definition) is 6. The van der Waals surface area contributed by atoms with E-state index in [1.807, 2.05) is 0 Å². The molecule has 112 valence electrons. The molecule has 2 aromatic rings. The fourth-order valence-electron chi connectivity index (χ4n) is 2.95. The molecule has 0 bridgehead atoms. The van der Waals surface area contributed by atoms with Crippen LogP contribution in [0.4, 0.5) is 0 Å². The van der Waals surface area contributed by atoms with E-state index in [1.54, 1.807) is 6.07 Å². The van der Waals surface area contributed by atoms with E-state index >= 15 is 0 Å². The summed E-state index contributed by atoms with van der Waals surface area (Å²) < 4.78 is 5.44. The maximum atomic E-state index is 9.56. The van der Waals surface area contributed by atoms with Crippen LogP contribution in [0.15, 0.2) is 22.7 Å².